The van der Waals surface area contributed by atoms with E-state index in [4.69, 9.17) is 4.79 Å². The van der Waals surface area contributed by atoms with Gasteiger partial charge >= 0.3 is 0 Å². The van der Waals surface area contributed by atoms with E-state index in [0.29, 0.717) is 5.20 Å². The van der Waals surface area contributed by atoms with Gasteiger partial charge in [0.25, 0.3) is 0 Å². The van der Waals surface area contributed by atoms with Crippen molar-refractivity contribution in [2.45, 2.75) is 0 Å². The average Bonchev–Trinajstić information content (AvgIpc) is 1.97. The smallest absolute Gasteiger partial charge is 0.185 e. The van der Waals surface area contributed by atoms with Gasteiger partial charge < -0.3 is 0 Å². The lowest BCUT2D eigenvalue weighted by molar-refractivity contribution is 0.508. The number of benzene rings is 1. The van der Waals surface area contributed by atoms with Gasteiger partial charge in [-0.25, -0.2) is 8.78 Å². The van der Waals surface area contributed by atoms with Crippen molar-refractivity contribution in [3.8, 4) is 0 Å². The first kappa shape index (κ1) is 10.2. The minimum atomic E-state index is -0.799. The first-order valence-corrected chi connectivity index (χ1v) is 3.57. The zero-order chi connectivity index (χ0) is 8.69. The van der Waals surface area contributed by atoms with E-state index < -0.39 is 11.6 Å². The molecule has 0 heterocycles. The average molecular weight is 223 g/mol. The lowest BCUT2D eigenvalue weighted by atomic mass is 10.3. The maximum absolute atomic E-state index is 11.9. The Kier molecular flexibility index (Phi) is 5.56. The van der Waals surface area contributed by atoms with Crippen LogP contribution in [0.25, 0.3) is 0 Å². The van der Waals surface area contributed by atoms with E-state index in [1.807, 2.05) is 0 Å². The number of carbonyl (C=O) groups excluding carboxylic acids is 1. The molecule has 0 saturated carbocycles. The molecule has 0 aliphatic heterocycles. The van der Waals surface area contributed by atoms with Gasteiger partial charge in [0, 0.05) is 0 Å². The molecule has 1 aromatic carbocycles. The van der Waals surface area contributed by atoms with Gasteiger partial charge in [0.15, 0.2) is 16.8 Å². The molecule has 60 valence electrons. The molecule has 0 radical (unpaired) electrons. The number of halogens is 3. The fourth-order valence-electron chi connectivity index (χ4n) is 0.439. The predicted octanol–water partition coefficient (Wildman–Crippen LogP) is 2.54. The van der Waals surface area contributed by atoms with Crippen molar-refractivity contribution in [1.29, 1.82) is 0 Å². The molecule has 1 nitrogen and oxygen atoms in total. The van der Waals surface area contributed by atoms with Gasteiger partial charge in [0.2, 0.25) is 0 Å². The Morgan fingerprint density at radius 1 is 1.18 bits per heavy atom. The first-order chi connectivity index (χ1) is 5.22. The molecule has 0 saturated heterocycles. The second-order valence-electron chi connectivity index (χ2n) is 1.50. The zero-order valence-electron chi connectivity index (χ0n) is 5.43. The molecule has 4 heteroatoms. The van der Waals surface area contributed by atoms with E-state index in [2.05, 4.69) is 15.9 Å². The topological polar surface area (TPSA) is 17.1 Å². The van der Waals surface area contributed by atoms with Crippen LogP contribution in [0.4, 0.5) is 8.78 Å². The fraction of sp³-hybridized carbons (Fsp3) is 0. The highest BCUT2D eigenvalue weighted by Crippen LogP contribution is 2.01. The van der Waals surface area contributed by atoms with Gasteiger partial charge in [0.1, 0.15) is 0 Å². The summed E-state index contributed by atoms with van der Waals surface area (Å²) in [7, 11) is 0. The van der Waals surface area contributed by atoms with Gasteiger partial charge in [-0.2, -0.15) is 0 Å². The summed E-state index contributed by atoms with van der Waals surface area (Å²) < 4.78 is 23.9. The van der Waals surface area contributed by atoms with Crippen molar-refractivity contribution < 1.29 is 13.6 Å². The molecular weight excluding hydrogens is 218 g/mol. The molecule has 0 amide bonds. The Balaban J connectivity index is 0.000000292. The van der Waals surface area contributed by atoms with Crippen LogP contribution in [0.15, 0.2) is 24.3 Å². The van der Waals surface area contributed by atoms with Crippen LogP contribution in [0.3, 0.4) is 0 Å². The van der Waals surface area contributed by atoms with Crippen molar-refractivity contribution in [2.24, 2.45) is 0 Å². The van der Waals surface area contributed by atoms with Crippen LogP contribution < -0.4 is 0 Å². The molecule has 1 rings (SSSR count). The highest BCUT2D eigenvalue weighted by Gasteiger charge is 1.93. The summed E-state index contributed by atoms with van der Waals surface area (Å²) in [5.74, 6) is -1.60. The van der Waals surface area contributed by atoms with Gasteiger partial charge in [0.05, 0.1) is 0 Å². The maximum atomic E-state index is 11.9. The summed E-state index contributed by atoms with van der Waals surface area (Å²) in [5.41, 5.74) is 0. The number of rotatable bonds is 0. The minimum absolute atomic E-state index is 0.562. The van der Waals surface area contributed by atoms with E-state index in [1.54, 1.807) is 0 Å². The third-order valence-electron chi connectivity index (χ3n) is 0.824. The Morgan fingerprint density at radius 2 is 1.45 bits per heavy atom. The molecule has 0 spiro atoms. The molecule has 1 aromatic rings. The van der Waals surface area contributed by atoms with Crippen LogP contribution in [-0.2, 0) is 4.79 Å². The SMILES string of the molecule is Fc1ccccc1F.O=CBr. The van der Waals surface area contributed by atoms with Crippen LogP contribution in [0.5, 0.6) is 0 Å². The monoisotopic (exact) mass is 222 g/mol. The second-order valence-corrected chi connectivity index (χ2v) is 1.88. The Bertz CT molecular complexity index is 206. The van der Waals surface area contributed by atoms with Crippen LogP contribution in [-0.4, -0.2) is 5.20 Å². The lowest BCUT2D eigenvalue weighted by Gasteiger charge is -1.85. The molecule has 0 aromatic heterocycles. The van der Waals surface area contributed by atoms with Crippen molar-refractivity contribution in [3.63, 3.8) is 0 Å². The predicted molar refractivity (Wildman–Crippen MR) is 42.0 cm³/mol. The first-order valence-electron chi connectivity index (χ1n) is 2.66. The number of carbonyl (C=O) groups is 1. The van der Waals surface area contributed by atoms with Gasteiger partial charge in [-0.3, -0.25) is 4.79 Å². The van der Waals surface area contributed by atoms with Gasteiger partial charge in [-0.15, -0.1) is 0 Å². The fourth-order valence-corrected chi connectivity index (χ4v) is 0.439. The standard InChI is InChI=1S/C6H4F2.CHBrO/c7-5-3-1-2-4-6(5)8;2-1-3/h1-4H;1H. The Hall–Kier alpha value is -0.770. The molecule has 11 heavy (non-hydrogen) atoms. The largest absolute Gasteiger partial charge is 0.290 e. The quantitative estimate of drug-likeness (QED) is 0.487. The summed E-state index contributed by atoms with van der Waals surface area (Å²) in [6.45, 7) is 0. The molecule has 0 atom stereocenters. The molecule has 0 aliphatic carbocycles. The van der Waals surface area contributed by atoms with Crippen molar-refractivity contribution >= 4 is 21.1 Å². The summed E-state index contributed by atoms with van der Waals surface area (Å²) in [5, 5.41) is 0.562. The molecule has 0 fully saturated rings. The van der Waals surface area contributed by atoms with Crippen LogP contribution in [0.2, 0.25) is 0 Å². The number of hydrogen-bond donors (Lipinski definition) is 0. The van der Waals surface area contributed by atoms with E-state index >= 15 is 0 Å². The van der Waals surface area contributed by atoms with E-state index in [1.165, 1.54) is 12.1 Å². The van der Waals surface area contributed by atoms with Crippen molar-refractivity contribution in [3.05, 3.63) is 35.9 Å². The molecule has 0 bridgehead atoms. The second kappa shape index (κ2) is 5.97. The summed E-state index contributed by atoms with van der Waals surface area (Å²) in [4.78, 5) is 8.72. The van der Waals surface area contributed by atoms with E-state index in [9.17, 15) is 8.78 Å². The van der Waals surface area contributed by atoms with Crippen LogP contribution in [0, 0.1) is 11.6 Å². The summed E-state index contributed by atoms with van der Waals surface area (Å²) in [6, 6.07) is 5.04. The highest BCUT2D eigenvalue weighted by atomic mass is 79.9. The molecule has 0 N–H and O–H groups in total. The molecular formula is C7H5BrF2O. The van der Waals surface area contributed by atoms with E-state index in [-0.39, 0.29) is 0 Å². The third kappa shape index (κ3) is 4.61. The van der Waals surface area contributed by atoms with E-state index in [0.717, 1.165) is 12.1 Å². The Morgan fingerprint density at radius 3 is 1.64 bits per heavy atom. The summed E-state index contributed by atoms with van der Waals surface area (Å²) >= 11 is 2.47. The zero-order valence-corrected chi connectivity index (χ0v) is 7.01. The maximum Gasteiger partial charge on any atom is 0.185 e. The van der Waals surface area contributed by atoms with Gasteiger partial charge in [-0.1, -0.05) is 12.1 Å². The van der Waals surface area contributed by atoms with Crippen LogP contribution in [0.1, 0.15) is 0 Å². The molecule has 0 unspecified atom stereocenters. The normalized spacial score (nSPS) is 7.91. The molecule has 0 aliphatic rings. The van der Waals surface area contributed by atoms with Crippen molar-refractivity contribution in [1.82, 2.24) is 0 Å². The number of hydrogen-bond acceptors (Lipinski definition) is 1. The van der Waals surface area contributed by atoms with Crippen LogP contribution >= 0.6 is 15.9 Å². The highest BCUT2D eigenvalue weighted by molar-refractivity contribution is 9.17. The van der Waals surface area contributed by atoms with Crippen molar-refractivity contribution in [2.75, 3.05) is 0 Å². The minimum Gasteiger partial charge on any atom is -0.290 e. The van der Waals surface area contributed by atoms with Gasteiger partial charge in [-0.05, 0) is 28.1 Å². The third-order valence-corrected chi connectivity index (χ3v) is 0.824. The Labute approximate surface area is 71.2 Å². The summed E-state index contributed by atoms with van der Waals surface area (Å²) in [6.07, 6.45) is 0. The lowest BCUT2D eigenvalue weighted by Crippen LogP contribution is -1.77.